The molecule has 1 amide bonds. The number of fused-ring (bicyclic) bond motifs is 3. The molecule has 0 saturated heterocycles. The molecule has 1 spiro atoms. The van der Waals surface area contributed by atoms with Gasteiger partial charge in [-0.15, -0.1) is 0 Å². The number of aromatic nitrogens is 1. The number of pyridine rings is 1. The van der Waals surface area contributed by atoms with Crippen molar-refractivity contribution in [2.24, 2.45) is 29.6 Å². The summed E-state index contributed by atoms with van der Waals surface area (Å²) in [5.41, 5.74) is 0.112. The molecule has 0 N–H and O–H groups in total. The number of allylic oxidation sites excluding steroid dienone is 2. The Labute approximate surface area is 187 Å². The quantitative estimate of drug-likeness (QED) is 0.680. The van der Waals surface area contributed by atoms with E-state index in [4.69, 9.17) is 4.74 Å². The zero-order valence-corrected chi connectivity index (χ0v) is 18.4. The molecule has 0 unspecified atom stereocenters. The Hall–Kier alpha value is -3.12. The highest BCUT2D eigenvalue weighted by molar-refractivity contribution is 6.14. The van der Waals surface area contributed by atoms with Crippen molar-refractivity contribution in [3.63, 3.8) is 0 Å². The smallest absolute Gasteiger partial charge is 0.241 e. The number of hydrogen-bond donors (Lipinski definition) is 0. The van der Waals surface area contributed by atoms with Gasteiger partial charge in [0.05, 0.1) is 5.41 Å². The van der Waals surface area contributed by atoms with Crippen LogP contribution in [0.2, 0.25) is 0 Å². The topological polar surface area (TPSA) is 76.6 Å². The number of methoxy groups -OCH3 is 1. The monoisotopic (exact) mass is 430 g/mol. The van der Waals surface area contributed by atoms with Gasteiger partial charge in [-0.2, -0.15) is 0 Å². The molecule has 2 aromatic rings. The van der Waals surface area contributed by atoms with Crippen LogP contribution < -0.4 is 4.90 Å². The van der Waals surface area contributed by atoms with Crippen LogP contribution in [0.5, 0.6) is 0 Å². The van der Waals surface area contributed by atoms with Crippen LogP contribution in [0.4, 0.5) is 5.82 Å². The van der Waals surface area contributed by atoms with Gasteiger partial charge >= 0.3 is 0 Å². The SMILES string of the molecule is COCN1C(=O)[C@@]2(c3cccnc31)[C@H](C(C)C)[C@H]1C(=O)C=C[C@H]1[C@@H]2C(=O)c1ccccc1. The number of anilines is 1. The summed E-state index contributed by atoms with van der Waals surface area (Å²) in [6, 6.07) is 12.8. The first-order valence-corrected chi connectivity index (χ1v) is 11.0. The first kappa shape index (κ1) is 20.8. The van der Waals surface area contributed by atoms with E-state index in [2.05, 4.69) is 4.98 Å². The van der Waals surface area contributed by atoms with E-state index in [1.807, 2.05) is 44.2 Å². The molecule has 164 valence electrons. The van der Waals surface area contributed by atoms with Gasteiger partial charge in [0.25, 0.3) is 0 Å². The zero-order valence-electron chi connectivity index (χ0n) is 18.4. The Kier molecular flexibility index (Phi) is 4.86. The highest BCUT2D eigenvalue weighted by Gasteiger charge is 2.72. The molecule has 0 bridgehead atoms. The molecule has 1 saturated carbocycles. The van der Waals surface area contributed by atoms with Crippen molar-refractivity contribution in [3.8, 4) is 0 Å². The first-order chi connectivity index (χ1) is 15.4. The lowest BCUT2D eigenvalue weighted by atomic mass is 9.61. The molecular formula is C26H26N2O4. The first-order valence-electron chi connectivity index (χ1n) is 11.0. The highest BCUT2D eigenvalue weighted by atomic mass is 16.5. The van der Waals surface area contributed by atoms with Gasteiger partial charge < -0.3 is 4.74 Å². The predicted molar refractivity (Wildman–Crippen MR) is 119 cm³/mol. The molecule has 1 fully saturated rings. The molecule has 1 aliphatic heterocycles. The Morgan fingerprint density at radius 2 is 1.91 bits per heavy atom. The minimum atomic E-state index is -1.17. The van der Waals surface area contributed by atoms with Gasteiger partial charge in [-0.25, -0.2) is 4.98 Å². The van der Waals surface area contributed by atoms with E-state index in [1.54, 1.807) is 30.5 Å². The minimum absolute atomic E-state index is 0.000122. The van der Waals surface area contributed by atoms with Crippen LogP contribution in [-0.2, 0) is 19.7 Å². The van der Waals surface area contributed by atoms with Crippen LogP contribution in [0.1, 0.15) is 29.8 Å². The van der Waals surface area contributed by atoms with Crippen LogP contribution in [0.3, 0.4) is 0 Å². The number of ketones is 2. The third-order valence-electron chi connectivity index (χ3n) is 7.42. The normalized spacial score (nSPS) is 30.4. The standard InChI is InChI=1S/C26H26N2O4/c1-15(2)21-20-17(11-12-19(20)29)22(23(30)16-8-5-4-6-9-16)26(21)18-10-7-13-27-24(18)28(14-32-3)25(26)31/h4-13,15,17,20-22H,14H2,1-3H3/t17-,20-,21-,22-,26+/m1/s1. The number of ether oxygens (including phenoxy) is 1. The summed E-state index contributed by atoms with van der Waals surface area (Å²) in [4.78, 5) is 47.5. The van der Waals surface area contributed by atoms with Crippen molar-refractivity contribution in [2.75, 3.05) is 18.7 Å². The van der Waals surface area contributed by atoms with Gasteiger partial charge in [-0.1, -0.05) is 56.3 Å². The summed E-state index contributed by atoms with van der Waals surface area (Å²) in [5.74, 6) is -1.55. The maximum absolute atomic E-state index is 14.3. The minimum Gasteiger partial charge on any atom is -0.364 e. The lowest BCUT2D eigenvalue weighted by Gasteiger charge is -2.38. The van der Waals surface area contributed by atoms with Crippen molar-refractivity contribution >= 4 is 23.3 Å². The summed E-state index contributed by atoms with van der Waals surface area (Å²) in [5, 5.41) is 0. The van der Waals surface area contributed by atoms with Gasteiger partial charge in [-0.05, 0) is 29.9 Å². The molecule has 0 radical (unpaired) electrons. The third kappa shape index (κ3) is 2.56. The Morgan fingerprint density at radius 1 is 1.16 bits per heavy atom. The fourth-order valence-corrected chi connectivity index (χ4v) is 6.50. The van der Waals surface area contributed by atoms with E-state index < -0.39 is 17.3 Å². The van der Waals surface area contributed by atoms with Gasteiger partial charge in [-0.3, -0.25) is 19.3 Å². The van der Waals surface area contributed by atoms with E-state index in [0.717, 1.165) is 5.56 Å². The average molecular weight is 431 g/mol. The second-order valence-electron chi connectivity index (χ2n) is 9.24. The van der Waals surface area contributed by atoms with Crippen molar-refractivity contribution < 1.29 is 19.1 Å². The van der Waals surface area contributed by atoms with Crippen molar-refractivity contribution in [2.45, 2.75) is 19.3 Å². The number of carbonyl (C=O) groups excluding carboxylic acids is 3. The second kappa shape index (κ2) is 7.48. The molecule has 2 heterocycles. The van der Waals surface area contributed by atoms with E-state index in [1.165, 1.54) is 12.0 Å². The van der Waals surface area contributed by atoms with Gasteiger partial charge in [0.1, 0.15) is 12.5 Å². The molecule has 1 aromatic heterocycles. The molecule has 6 heteroatoms. The third-order valence-corrected chi connectivity index (χ3v) is 7.42. The van der Waals surface area contributed by atoms with Crippen LogP contribution >= 0.6 is 0 Å². The van der Waals surface area contributed by atoms with Crippen LogP contribution in [0.15, 0.2) is 60.8 Å². The largest absolute Gasteiger partial charge is 0.364 e. The number of carbonyl (C=O) groups is 3. The fourth-order valence-electron chi connectivity index (χ4n) is 6.50. The number of Topliss-reactive ketones (excluding diaryl/α,β-unsaturated/α-hetero) is 1. The van der Waals surface area contributed by atoms with Crippen molar-refractivity contribution in [1.82, 2.24) is 4.98 Å². The predicted octanol–water partition coefficient (Wildman–Crippen LogP) is 3.43. The van der Waals surface area contributed by atoms with Crippen LogP contribution in [-0.4, -0.2) is 36.3 Å². The Balaban J connectivity index is 1.80. The van der Waals surface area contributed by atoms with Gasteiger partial charge in [0, 0.05) is 36.3 Å². The molecule has 5 rings (SSSR count). The van der Waals surface area contributed by atoms with E-state index in [0.29, 0.717) is 11.4 Å². The summed E-state index contributed by atoms with van der Waals surface area (Å²) in [6.45, 7) is 4.11. The Bertz CT molecular complexity index is 1130. The second-order valence-corrected chi connectivity index (χ2v) is 9.24. The molecule has 2 aliphatic carbocycles. The number of benzene rings is 1. The lowest BCUT2D eigenvalue weighted by molar-refractivity contribution is -0.128. The number of hydrogen-bond acceptors (Lipinski definition) is 5. The van der Waals surface area contributed by atoms with Gasteiger partial charge in [0.15, 0.2) is 11.6 Å². The van der Waals surface area contributed by atoms with E-state index >= 15 is 0 Å². The van der Waals surface area contributed by atoms with Crippen molar-refractivity contribution in [1.29, 1.82) is 0 Å². The number of rotatable bonds is 5. The number of nitrogens with zero attached hydrogens (tertiary/aromatic N) is 2. The highest BCUT2D eigenvalue weighted by Crippen LogP contribution is 2.65. The van der Waals surface area contributed by atoms with E-state index in [-0.39, 0.29) is 42.0 Å². The summed E-state index contributed by atoms with van der Waals surface area (Å²) in [7, 11) is 1.53. The maximum Gasteiger partial charge on any atom is 0.241 e. The Morgan fingerprint density at radius 3 is 2.59 bits per heavy atom. The molecule has 5 atom stereocenters. The van der Waals surface area contributed by atoms with Crippen LogP contribution in [0.25, 0.3) is 0 Å². The molecular weight excluding hydrogens is 404 g/mol. The summed E-state index contributed by atoms with van der Waals surface area (Å²) < 4.78 is 5.35. The lowest BCUT2D eigenvalue weighted by Crippen LogP contribution is -2.52. The van der Waals surface area contributed by atoms with Gasteiger partial charge in [0.2, 0.25) is 5.91 Å². The molecule has 3 aliphatic rings. The molecule has 1 aromatic carbocycles. The molecule has 32 heavy (non-hydrogen) atoms. The average Bonchev–Trinajstić information content (AvgIpc) is 3.39. The van der Waals surface area contributed by atoms with E-state index in [9.17, 15) is 14.4 Å². The maximum atomic E-state index is 14.3. The summed E-state index contributed by atoms with van der Waals surface area (Å²) in [6.07, 6.45) is 5.09. The fraction of sp³-hybridized carbons (Fsp3) is 0.385. The number of amides is 1. The van der Waals surface area contributed by atoms with Crippen molar-refractivity contribution in [3.05, 3.63) is 71.9 Å². The summed E-state index contributed by atoms with van der Waals surface area (Å²) >= 11 is 0. The van der Waals surface area contributed by atoms with Crippen LogP contribution in [0, 0.1) is 29.6 Å². The molecule has 6 nitrogen and oxygen atoms in total. The zero-order chi connectivity index (χ0) is 22.6.